The van der Waals surface area contributed by atoms with Gasteiger partial charge in [-0.25, -0.2) is 0 Å². The highest BCUT2D eigenvalue weighted by atomic mass is 16.5. The Hall–Kier alpha value is -1.09. The van der Waals surface area contributed by atoms with Gasteiger partial charge in [0.2, 0.25) is 0 Å². The van der Waals surface area contributed by atoms with Crippen LogP contribution in [-0.4, -0.2) is 11.1 Å². The van der Waals surface area contributed by atoms with Crippen molar-refractivity contribution in [2.75, 3.05) is 0 Å². The van der Waals surface area contributed by atoms with Crippen molar-refractivity contribution in [3.05, 3.63) is 24.0 Å². The lowest BCUT2D eigenvalue weighted by Gasteiger charge is -2.27. The Morgan fingerprint density at radius 3 is 3.12 bits per heavy atom. The zero-order chi connectivity index (χ0) is 11.4. The average Bonchev–Trinajstić information content (AvgIpc) is 2.30. The van der Waals surface area contributed by atoms with Gasteiger partial charge in [0, 0.05) is 18.3 Å². The van der Waals surface area contributed by atoms with Crippen molar-refractivity contribution >= 4 is 0 Å². The first-order valence-corrected chi connectivity index (χ1v) is 6.09. The molecule has 3 nitrogen and oxygen atoms in total. The molecule has 2 unspecified atom stereocenters. The molecule has 88 valence electrons. The van der Waals surface area contributed by atoms with Crippen molar-refractivity contribution in [3.63, 3.8) is 0 Å². The van der Waals surface area contributed by atoms with Gasteiger partial charge in [0.15, 0.2) is 0 Å². The standard InChI is InChI=1S/C13H20N2O/c1-10-3-2-4-12(7-10)16-13-9-15-6-5-11(13)8-14/h5-6,9-10,12H,2-4,7-8,14H2,1H3. The molecule has 1 aromatic heterocycles. The van der Waals surface area contributed by atoms with Gasteiger partial charge in [0.05, 0.1) is 12.3 Å². The van der Waals surface area contributed by atoms with Crippen LogP contribution < -0.4 is 10.5 Å². The molecule has 2 atom stereocenters. The molecule has 3 heteroatoms. The van der Waals surface area contributed by atoms with Gasteiger partial charge >= 0.3 is 0 Å². The van der Waals surface area contributed by atoms with Gasteiger partial charge in [0.25, 0.3) is 0 Å². The van der Waals surface area contributed by atoms with Gasteiger partial charge < -0.3 is 10.5 Å². The highest BCUT2D eigenvalue weighted by Gasteiger charge is 2.20. The molecule has 1 heterocycles. The van der Waals surface area contributed by atoms with Crippen LogP contribution in [0.3, 0.4) is 0 Å². The third-order valence-corrected chi connectivity index (χ3v) is 3.27. The molecular weight excluding hydrogens is 200 g/mol. The van der Waals surface area contributed by atoms with Crippen LogP contribution in [0, 0.1) is 5.92 Å². The number of ether oxygens (including phenoxy) is 1. The number of hydrogen-bond donors (Lipinski definition) is 1. The van der Waals surface area contributed by atoms with E-state index in [1.54, 1.807) is 12.4 Å². The van der Waals surface area contributed by atoms with Gasteiger partial charge in [-0.2, -0.15) is 0 Å². The van der Waals surface area contributed by atoms with E-state index < -0.39 is 0 Å². The van der Waals surface area contributed by atoms with Crippen LogP contribution in [0.1, 0.15) is 38.2 Å². The van der Waals surface area contributed by atoms with E-state index in [2.05, 4.69) is 11.9 Å². The van der Waals surface area contributed by atoms with Gasteiger partial charge in [-0.05, 0) is 31.2 Å². The number of nitrogens with two attached hydrogens (primary N) is 1. The van der Waals surface area contributed by atoms with Gasteiger partial charge in [-0.1, -0.05) is 13.3 Å². The first-order valence-electron chi connectivity index (χ1n) is 6.09. The Morgan fingerprint density at radius 2 is 2.38 bits per heavy atom. The summed E-state index contributed by atoms with van der Waals surface area (Å²) in [5.74, 6) is 1.64. The Labute approximate surface area is 97.0 Å². The lowest BCUT2D eigenvalue weighted by Crippen LogP contribution is -2.24. The number of nitrogens with zero attached hydrogens (tertiary/aromatic N) is 1. The number of hydrogen-bond acceptors (Lipinski definition) is 3. The van der Waals surface area contributed by atoms with Crippen molar-refractivity contribution in [1.29, 1.82) is 0 Å². The fourth-order valence-electron chi connectivity index (χ4n) is 2.35. The summed E-state index contributed by atoms with van der Waals surface area (Å²) in [5, 5.41) is 0. The Bertz CT molecular complexity index is 340. The topological polar surface area (TPSA) is 48.1 Å². The quantitative estimate of drug-likeness (QED) is 0.851. The van der Waals surface area contributed by atoms with Crippen LogP contribution in [0.4, 0.5) is 0 Å². The van der Waals surface area contributed by atoms with Gasteiger partial charge in [-0.3, -0.25) is 4.98 Å². The summed E-state index contributed by atoms with van der Waals surface area (Å²) in [5.41, 5.74) is 6.72. The highest BCUT2D eigenvalue weighted by Crippen LogP contribution is 2.28. The molecule has 0 bridgehead atoms. The third-order valence-electron chi connectivity index (χ3n) is 3.27. The summed E-state index contributed by atoms with van der Waals surface area (Å²) >= 11 is 0. The number of pyridine rings is 1. The molecule has 1 saturated carbocycles. The van der Waals surface area contributed by atoms with Crippen molar-refractivity contribution in [3.8, 4) is 5.75 Å². The molecule has 1 aliphatic rings. The number of aromatic nitrogens is 1. The zero-order valence-corrected chi connectivity index (χ0v) is 9.86. The van der Waals surface area contributed by atoms with Crippen molar-refractivity contribution in [1.82, 2.24) is 4.98 Å². The predicted molar refractivity (Wildman–Crippen MR) is 64.2 cm³/mol. The van der Waals surface area contributed by atoms with E-state index in [1.165, 1.54) is 12.8 Å². The second-order valence-electron chi connectivity index (χ2n) is 4.70. The minimum Gasteiger partial charge on any atom is -0.488 e. The van der Waals surface area contributed by atoms with Crippen LogP contribution in [-0.2, 0) is 6.54 Å². The van der Waals surface area contributed by atoms with Gasteiger partial charge in [-0.15, -0.1) is 0 Å². The first kappa shape index (κ1) is 11.4. The Balaban J connectivity index is 2.02. The second-order valence-corrected chi connectivity index (χ2v) is 4.70. The zero-order valence-electron chi connectivity index (χ0n) is 9.86. The molecule has 0 aliphatic heterocycles. The minimum absolute atomic E-state index is 0.346. The molecule has 0 aromatic carbocycles. The summed E-state index contributed by atoms with van der Waals surface area (Å²) in [6.07, 6.45) is 8.79. The van der Waals surface area contributed by atoms with Crippen molar-refractivity contribution < 1.29 is 4.74 Å². The molecule has 0 spiro atoms. The van der Waals surface area contributed by atoms with Crippen LogP contribution in [0.25, 0.3) is 0 Å². The third kappa shape index (κ3) is 2.73. The fraction of sp³-hybridized carbons (Fsp3) is 0.615. The van der Waals surface area contributed by atoms with E-state index in [0.717, 1.165) is 30.1 Å². The maximum atomic E-state index is 6.01. The maximum Gasteiger partial charge on any atom is 0.142 e. The van der Waals surface area contributed by atoms with Crippen LogP contribution in [0.5, 0.6) is 5.75 Å². The first-order chi connectivity index (χ1) is 7.79. The van der Waals surface area contributed by atoms with Gasteiger partial charge in [0.1, 0.15) is 5.75 Å². The summed E-state index contributed by atoms with van der Waals surface area (Å²) in [6.45, 7) is 2.81. The molecule has 2 rings (SSSR count). The average molecular weight is 220 g/mol. The molecule has 2 N–H and O–H groups in total. The summed E-state index contributed by atoms with van der Waals surface area (Å²) < 4.78 is 6.01. The van der Waals surface area contributed by atoms with E-state index in [4.69, 9.17) is 10.5 Å². The maximum absolute atomic E-state index is 6.01. The lowest BCUT2D eigenvalue weighted by atomic mass is 9.89. The largest absolute Gasteiger partial charge is 0.488 e. The van der Waals surface area contributed by atoms with Crippen LogP contribution in [0.2, 0.25) is 0 Å². The predicted octanol–water partition coefficient (Wildman–Crippen LogP) is 2.50. The molecule has 0 radical (unpaired) electrons. The summed E-state index contributed by atoms with van der Waals surface area (Å²) in [7, 11) is 0. The van der Waals surface area contributed by atoms with Crippen LogP contribution in [0.15, 0.2) is 18.5 Å². The molecule has 0 amide bonds. The minimum atomic E-state index is 0.346. The van der Waals surface area contributed by atoms with Crippen LogP contribution >= 0.6 is 0 Å². The molecule has 1 aromatic rings. The smallest absolute Gasteiger partial charge is 0.142 e. The van der Waals surface area contributed by atoms with E-state index in [9.17, 15) is 0 Å². The summed E-state index contributed by atoms with van der Waals surface area (Å²) in [4.78, 5) is 4.10. The Morgan fingerprint density at radius 1 is 1.50 bits per heavy atom. The van der Waals surface area contributed by atoms with E-state index in [1.807, 2.05) is 6.07 Å². The highest BCUT2D eigenvalue weighted by molar-refractivity contribution is 5.29. The molecular formula is C13H20N2O. The summed E-state index contributed by atoms with van der Waals surface area (Å²) in [6, 6.07) is 1.93. The molecule has 0 saturated heterocycles. The molecule has 1 fully saturated rings. The number of rotatable bonds is 3. The molecule has 1 aliphatic carbocycles. The second kappa shape index (κ2) is 5.30. The van der Waals surface area contributed by atoms with Crippen molar-refractivity contribution in [2.45, 2.75) is 45.3 Å². The monoisotopic (exact) mass is 220 g/mol. The fourth-order valence-corrected chi connectivity index (χ4v) is 2.35. The van der Waals surface area contributed by atoms with E-state index in [0.29, 0.717) is 12.6 Å². The normalized spacial score (nSPS) is 25.4. The van der Waals surface area contributed by atoms with E-state index >= 15 is 0 Å². The SMILES string of the molecule is CC1CCCC(Oc2cnccc2CN)C1. The van der Waals surface area contributed by atoms with Crippen molar-refractivity contribution in [2.24, 2.45) is 11.7 Å². The van der Waals surface area contributed by atoms with E-state index in [-0.39, 0.29) is 0 Å². The molecule has 16 heavy (non-hydrogen) atoms. The lowest BCUT2D eigenvalue weighted by molar-refractivity contribution is 0.127. The Kier molecular flexibility index (Phi) is 3.78.